The average Bonchev–Trinajstić information content (AvgIpc) is 2.33. The SMILES string of the molecule is Cc1cc(O)c2scc(C)c2c1. The number of hydrogen-bond acceptors (Lipinski definition) is 2. The maximum absolute atomic E-state index is 9.58. The maximum Gasteiger partial charge on any atom is 0.133 e. The summed E-state index contributed by atoms with van der Waals surface area (Å²) in [4.78, 5) is 0. The van der Waals surface area contributed by atoms with Gasteiger partial charge in [0.25, 0.3) is 0 Å². The number of thiophene rings is 1. The molecule has 0 bridgehead atoms. The molecule has 0 atom stereocenters. The van der Waals surface area contributed by atoms with E-state index < -0.39 is 0 Å². The van der Waals surface area contributed by atoms with Gasteiger partial charge in [-0.15, -0.1) is 11.3 Å². The summed E-state index contributed by atoms with van der Waals surface area (Å²) in [5.41, 5.74) is 2.36. The van der Waals surface area contributed by atoms with Crippen molar-refractivity contribution in [2.75, 3.05) is 0 Å². The zero-order valence-electron chi connectivity index (χ0n) is 7.09. The minimum absolute atomic E-state index is 0.406. The number of aromatic hydroxyl groups is 1. The number of phenolic OH excluding ortho intramolecular Hbond substituents is 1. The molecule has 62 valence electrons. The van der Waals surface area contributed by atoms with Gasteiger partial charge in [0.1, 0.15) is 5.75 Å². The van der Waals surface area contributed by atoms with Crippen LogP contribution in [0.1, 0.15) is 11.1 Å². The molecule has 0 aliphatic heterocycles. The number of rotatable bonds is 0. The van der Waals surface area contributed by atoms with Crippen LogP contribution >= 0.6 is 11.3 Å². The Hall–Kier alpha value is -1.02. The molecule has 0 fully saturated rings. The molecule has 1 N–H and O–H groups in total. The van der Waals surface area contributed by atoms with Crippen molar-refractivity contribution in [3.05, 3.63) is 28.6 Å². The Morgan fingerprint density at radius 3 is 2.75 bits per heavy atom. The van der Waals surface area contributed by atoms with E-state index in [-0.39, 0.29) is 0 Å². The zero-order valence-corrected chi connectivity index (χ0v) is 7.90. The predicted octanol–water partition coefficient (Wildman–Crippen LogP) is 3.22. The molecule has 0 aliphatic rings. The molecule has 0 saturated carbocycles. The van der Waals surface area contributed by atoms with Gasteiger partial charge < -0.3 is 5.11 Å². The highest BCUT2D eigenvalue weighted by Crippen LogP contribution is 2.33. The Morgan fingerprint density at radius 1 is 1.25 bits per heavy atom. The van der Waals surface area contributed by atoms with Gasteiger partial charge in [0, 0.05) is 0 Å². The largest absolute Gasteiger partial charge is 0.506 e. The fourth-order valence-corrected chi connectivity index (χ4v) is 2.33. The minimum Gasteiger partial charge on any atom is -0.506 e. The monoisotopic (exact) mass is 178 g/mol. The lowest BCUT2D eigenvalue weighted by Crippen LogP contribution is -1.73. The van der Waals surface area contributed by atoms with E-state index in [1.807, 2.05) is 6.92 Å². The van der Waals surface area contributed by atoms with E-state index in [1.54, 1.807) is 17.4 Å². The predicted molar refractivity (Wildman–Crippen MR) is 53.0 cm³/mol. The lowest BCUT2D eigenvalue weighted by molar-refractivity contribution is 0.482. The third-order valence-corrected chi connectivity index (χ3v) is 3.13. The van der Waals surface area contributed by atoms with E-state index >= 15 is 0 Å². The van der Waals surface area contributed by atoms with E-state index in [4.69, 9.17) is 0 Å². The van der Waals surface area contributed by atoms with Gasteiger partial charge in [-0.05, 0) is 41.8 Å². The van der Waals surface area contributed by atoms with Gasteiger partial charge in [-0.1, -0.05) is 6.07 Å². The highest BCUT2D eigenvalue weighted by Gasteiger charge is 2.04. The standard InChI is InChI=1S/C10H10OS/c1-6-3-8-7(2)5-12-10(8)9(11)4-6/h3-5,11H,1-2H3. The highest BCUT2D eigenvalue weighted by molar-refractivity contribution is 7.17. The molecular weight excluding hydrogens is 168 g/mol. The van der Waals surface area contributed by atoms with Crippen molar-refractivity contribution in [3.8, 4) is 5.75 Å². The van der Waals surface area contributed by atoms with Crippen molar-refractivity contribution in [1.29, 1.82) is 0 Å². The molecule has 0 amide bonds. The molecule has 2 heteroatoms. The Bertz CT molecular complexity index is 429. The lowest BCUT2D eigenvalue weighted by atomic mass is 10.1. The van der Waals surface area contributed by atoms with E-state index in [2.05, 4.69) is 18.4 Å². The van der Waals surface area contributed by atoms with Crippen molar-refractivity contribution in [3.63, 3.8) is 0 Å². The first kappa shape index (κ1) is 7.62. The topological polar surface area (TPSA) is 20.2 Å². The molecule has 1 nitrogen and oxygen atoms in total. The van der Waals surface area contributed by atoms with Gasteiger partial charge in [0.15, 0.2) is 0 Å². The second-order valence-electron chi connectivity index (χ2n) is 3.08. The summed E-state index contributed by atoms with van der Waals surface area (Å²) in [6.45, 7) is 4.06. The summed E-state index contributed by atoms with van der Waals surface area (Å²) in [5, 5.41) is 12.8. The van der Waals surface area contributed by atoms with E-state index in [1.165, 1.54) is 10.9 Å². The Balaban J connectivity index is 2.92. The van der Waals surface area contributed by atoms with E-state index in [0.29, 0.717) is 5.75 Å². The second-order valence-corrected chi connectivity index (χ2v) is 3.96. The molecule has 0 spiro atoms. The quantitative estimate of drug-likeness (QED) is 0.656. The Morgan fingerprint density at radius 2 is 2.00 bits per heavy atom. The lowest BCUT2D eigenvalue weighted by Gasteiger charge is -1.97. The molecule has 2 aromatic rings. The van der Waals surface area contributed by atoms with Crippen LogP contribution in [0.2, 0.25) is 0 Å². The van der Waals surface area contributed by atoms with Crippen molar-refractivity contribution < 1.29 is 5.11 Å². The van der Waals surface area contributed by atoms with Crippen LogP contribution in [0.5, 0.6) is 5.75 Å². The maximum atomic E-state index is 9.58. The zero-order chi connectivity index (χ0) is 8.72. The van der Waals surface area contributed by atoms with Crippen molar-refractivity contribution in [1.82, 2.24) is 0 Å². The van der Waals surface area contributed by atoms with Crippen LogP contribution in [0, 0.1) is 13.8 Å². The molecule has 1 aromatic carbocycles. The first-order valence-electron chi connectivity index (χ1n) is 3.86. The van der Waals surface area contributed by atoms with Crippen LogP contribution in [0.15, 0.2) is 17.5 Å². The van der Waals surface area contributed by atoms with Crippen molar-refractivity contribution >= 4 is 21.4 Å². The molecule has 12 heavy (non-hydrogen) atoms. The van der Waals surface area contributed by atoms with Gasteiger partial charge in [0.05, 0.1) is 4.70 Å². The third-order valence-electron chi connectivity index (χ3n) is 1.99. The molecule has 0 unspecified atom stereocenters. The summed E-state index contributed by atoms with van der Waals surface area (Å²) in [5.74, 6) is 0.406. The molecular formula is C10H10OS. The minimum atomic E-state index is 0.406. The fraction of sp³-hybridized carbons (Fsp3) is 0.200. The van der Waals surface area contributed by atoms with Crippen LogP contribution in [-0.2, 0) is 0 Å². The third kappa shape index (κ3) is 0.994. The molecule has 1 aromatic heterocycles. The van der Waals surface area contributed by atoms with E-state index in [9.17, 15) is 5.11 Å². The summed E-state index contributed by atoms with van der Waals surface area (Å²) < 4.78 is 0.998. The van der Waals surface area contributed by atoms with Gasteiger partial charge >= 0.3 is 0 Å². The average molecular weight is 178 g/mol. The Labute approximate surface area is 75.3 Å². The van der Waals surface area contributed by atoms with Crippen LogP contribution < -0.4 is 0 Å². The normalized spacial score (nSPS) is 10.8. The van der Waals surface area contributed by atoms with Crippen LogP contribution in [0.25, 0.3) is 10.1 Å². The summed E-state index contributed by atoms with van der Waals surface area (Å²) in [6.07, 6.45) is 0. The van der Waals surface area contributed by atoms with Crippen LogP contribution in [0.3, 0.4) is 0 Å². The second kappa shape index (κ2) is 2.49. The summed E-state index contributed by atoms with van der Waals surface area (Å²) in [7, 11) is 0. The highest BCUT2D eigenvalue weighted by atomic mass is 32.1. The molecule has 0 aliphatic carbocycles. The van der Waals surface area contributed by atoms with Gasteiger partial charge in [0.2, 0.25) is 0 Å². The van der Waals surface area contributed by atoms with Crippen LogP contribution in [0.4, 0.5) is 0 Å². The van der Waals surface area contributed by atoms with Crippen molar-refractivity contribution in [2.24, 2.45) is 0 Å². The molecule has 2 rings (SSSR count). The molecule has 0 saturated heterocycles. The first-order chi connectivity index (χ1) is 5.68. The number of aryl methyl sites for hydroxylation is 2. The number of benzene rings is 1. The van der Waals surface area contributed by atoms with Gasteiger partial charge in [-0.25, -0.2) is 0 Å². The Kier molecular flexibility index (Phi) is 1.58. The van der Waals surface area contributed by atoms with Gasteiger partial charge in [-0.2, -0.15) is 0 Å². The van der Waals surface area contributed by atoms with Gasteiger partial charge in [-0.3, -0.25) is 0 Å². The summed E-state index contributed by atoms with van der Waals surface area (Å²) >= 11 is 1.60. The fourth-order valence-electron chi connectivity index (χ4n) is 1.38. The summed E-state index contributed by atoms with van der Waals surface area (Å²) in [6, 6.07) is 3.92. The number of hydrogen-bond donors (Lipinski definition) is 1. The molecule has 1 heterocycles. The molecule has 0 radical (unpaired) electrons. The number of fused-ring (bicyclic) bond motifs is 1. The number of phenols is 1. The van der Waals surface area contributed by atoms with Crippen molar-refractivity contribution in [2.45, 2.75) is 13.8 Å². The smallest absolute Gasteiger partial charge is 0.133 e. The van der Waals surface area contributed by atoms with Crippen LogP contribution in [-0.4, -0.2) is 5.11 Å². The van der Waals surface area contributed by atoms with E-state index in [0.717, 1.165) is 10.3 Å². The first-order valence-corrected chi connectivity index (χ1v) is 4.74.